The summed E-state index contributed by atoms with van der Waals surface area (Å²) in [6, 6.07) is 0. The fourth-order valence-corrected chi connectivity index (χ4v) is 0.530. The molecule has 0 aromatic rings. The fourth-order valence-electron chi connectivity index (χ4n) is 0.177. The van der Waals surface area contributed by atoms with Crippen molar-refractivity contribution in [1.82, 2.24) is 0 Å². The fraction of sp³-hybridized carbons (Fsp3) is 0.750. The number of esters is 1. The maximum Gasteiger partial charge on any atom is 0.315 e. The lowest BCUT2D eigenvalue weighted by Crippen LogP contribution is -2.01. The quantitative estimate of drug-likeness (QED) is 0.501. The molecule has 3 heteroatoms. The summed E-state index contributed by atoms with van der Waals surface area (Å²) in [5.41, 5.74) is 0. The van der Waals surface area contributed by atoms with Crippen molar-refractivity contribution in [3.8, 4) is 0 Å². The van der Waals surface area contributed by atoms with E-state index in [4.69, 9.17) is 0 Å². The zero-order valence-electron chi connectivity index (χ0n) is 4.43. The molecule has 0 N–H and O–H groups in total. The summed E-state index contributed by atoms with van der Waals surface area (Å²) in [5, 5.41) is 0. The van der Waals surface area contributed by atoms with Gasteiger partial charge in [0.05, 0.1) is 12.9 Å². The van der Waals surface area contributed by atoms with Crippen molar-refractivity contribution >= 4 is 17.7 Å². The number of hydrogen-bond donors (Lipinski definition) is 0. The van der Waals surface area contributed by atoms with Crippen LogP contribution in [0.3, 0.4) is 0 Å². The minimum atomic E-state index is -0.160. The Balaban J connectivity index is 3.00. The van der Waals surface area contributed by atoms with Crippen LogP contribution in [0.2, 0.25) is 0 Å². The average Bonchev–Trinajstić information content (AvgIpc) is 1.68. The third-order valence-electron chi connectivity index (χ3n) is 0.490. The molecule has 0 aromatic carbocycles. The van der Waals surface area contributed by atoms with Crippen LogP contribution in [0.25, 0.3) is 0 Å². The summed E-state index contributed by atoms with van der Waals surface area (Å²) >= 11 is 1.46. The molecule has 0 bridgehead atoms. The minimum Gasteiger partial charge on any atom is -0.468 e. The van der Waals surface area contributed by atoms with E-state index in [0.717, 1.165) is 0 Å². The van der Waals surface area contributed by atoms with Crippen LogP contribution in [0.15, 0.2) is 0 Å². The summed E-state index contributed by atoms with van der Waals surface area (Å²) in [6.07, 6.45) is 1.86. The number of thioether (sulfide) groups is 1. The molecule has 0 fully saturated rings. The van der Waals surface area contributed by atoms with Crippen LogP contribution in [0.5, 0.6) is 0 Å². The van der Waals surface area contributed by atoms with Crippen LogP contribution >= 0.6 is 11.8 Å². The molecule has 0 aliphatic rings. The van der Waals surface area contributed by atoms with Gasteiger partial charge in [-0.15, -0.1) is 0 Å². The molecule has 0 aromatic heterocycles. The van der Waals surface area contributed by atoms with Crippen molar-refractivity contribution in [3.63, 3.8) is 0 Å². The first kappa shape index (κ1) is 6.82. The van der Waals surface area contributed by atoms with Gasteiger partial charge in [-0.2, -0.15) is 11.8 Å². The van der Waals surface area contributed by atoms with Gasteiger partial charge in [0.25, 0.3) is 0 Å². The molecular weight excluding hydrogens is 115 g/mol. The molecule has 42 valence electrons. The van der Waals surface area contributed by atoms with Gasteiger partial charge in [-0.05, 0) is 6.26 Å². The number of carbonyl (C=O) groups is 1. The molecule has 0 saturated heterocycles. The molecule has 0 spiro atoms. The Morgan fingerprint density at radius 3 is 2.57 bits per heavy atom. The molecule has 0 unspecified atom stereocenters. The van der Waals surface area contributed by atoms with Gasteiger partial charge < -0.3 is 4.74 Å². The summed E-state index contributed by atoms with van der Waals surface area (Å²) in [6.45, 7) is 0. The highest BCUT2D eigenvalue weighted by atomic mass is 32.2. The van der Waals surface area contributed by atoms with Crippen molar-refractivity contribution < 1.29 is 9.53 Å². The van der Waals surface area contributed by atoms with Crippen LogP contribution in [0.1, 0.15) is 0 Å². The SMILES string of the molecule is CO[15C](=O)CSC. The smallest absolute Gasteiger partial charge is 0.315 e. The second-order valence-corrected chi connectivity index (χ2v) is 1.88. The van der Waals surface area contributed by atoms with E-state index in [0.29, 0.717) is 5.75 Å². The lowest BCUT2D eigenvalue weighted by Gasteiger charge is -1.90. The van der Waals surface area contributed by atoms with E-state index in [1.807, 2.05) is 6.26 Å². The van der Waals surface area contributed by atoms with Gasteiger partial charge >= 0.3 is 5.97 Å². The maximum absolute atomic E-state index is 10.2. The number of hydrogen-bond acceptors (Lipinski definition) is 3. The number of carbonyl (C=O) groups excluding carboxylic acids is 1. The number of rotatable bonds is 2. The van der Waals surface area contributed by atoms with Gasteiger partial charge in [-0.3, -0.25) is 4.79 Å². The van der Waals surface area contributed by atoms with Crippen LogP contribution in [-0.4, -0.2) is 25.1 Å². The molecule has 0 heterocycles. The van der Waals surface area contributed by atoms with Crippen LogP contribution < -0.4 is 0 Å². The Morgan fingerprint density at radius 1 is 1.86 bits per heavy atom. The Morgan fingerprint density at radius 2 is 2.43 bits per heavy atom. The van der Waals surface area contributed by atoms with E-state index in [1.165, 1.54) is 18.9 Å². The Hall–Kier alpha value is -0.180. The molecule has 0 atom stereocenters. The molecule has 0 saturated carbocycles. The summed E-state index contributed by atoms with van der Waals surface area (Å²) in [5.74, 6) is 0.295. The summed E-state index contributed by atoms with van der Waals surface area (Å²) < 4.78 is 4.33. The van der Waals surface area contributed by atoms with Gasteiger partial charge in [0.1, 0.15) is 0 Å². The largest absolute Gasteiger partial charge is 0.468 e. The predicted molar refractivity (Wildman–Crippen MR) is 30.4 cm³/mol. The van der Waals surface area contributed by atoms with E-state index in [2.05, 4.69) is 4.74 Å². The molecule has 0 radical (unpaired) electrons. The topological polar surface area (TPSA) is 26.3 Å². The van der Waals surface area contributed by atoms with Crippen LogP contribution in [0, 0.1) is 0 Å². The van der Waals surface area contributed by atoms with E-state index in [9.17, 15) is 4.79 Å². The van der Waals surface area contributed by atoms with E-state index < -0.39 is 0 Å². The maximum atomic E-state index is 10.2. The van der Waals surface area contributed by atoms with Crippen molar-refractivity contribution in [3.05, 3.63) is 0 Å². The van der Waals surface area contributed by atoms with Crippen molar-refractivity contribution in [2.45, 2.75) is 0 Å². The van der Waals surface area contributed by atoms with Crippen LogP contribution in [0.4, 0.5) is 0 Å². The number of methoxy groups -OCH3 is 1. The lowest BCUT2D eigenvalue weighted by molar-refractivity contribution is -0.137. The normalized spacial score (nSPS) is 8.29. The van der Waals surface area contributed by atoms with E-state index in [1.54, 1.807) is 0 Å². The van der Waals surface area contributed by atoms with Crippen molar-refractivity contribution in [1.29, 1.82) is 0 Å². The predicted octanol–water partition coefficient (Wildman–Crippen LogP) is 0.522. The molecule has 0 amide bonds. The molecule has 0 aliphatic carbocycles. The Labute approximate surface area is 47.2 Å². The summed E-state index contributed by atoms with van der Waals surface area (Å²) in [4.78, 5) is 10.2. The third-order valence-corrected chi connectivity index (χ3v) is 1.01. The van der Waals surface area contributed by atoms with Gasteiger partial charge in [0.15, 0.2) is 0 Å². The van der Waals surface area contributed by atoms with Gasteiger partial charge in [-0.25, -0.2) is 0 Å². The molecule has 2 nitrogen and oxygen atoms in total. The van der Waals surface area contributed by atoms with E-state index in [-0.39, 0.29) is 5.97 Å². The standard InChI is InChI=1S/C4H8O2S/c1-6-4(5)3-7-2/h3H2,1-2H3/i4+3. The Bertz CT molecular complexity index is 62.7. The second-order valence-electron chi connectivity index (χ2n) is 1.01. The number of ether oxygens (including phenoxy) is 1. The zero-order chi connectivity index (χ0) is 5.70. The average molecular weight is 123 g/mol. The highest BCUT2D eigenvalue weighted by Gasteiger charge is 1.93. The first-order chi connectivity index (χ1) is 3.31. The van der Waals surface area contributed by atoms with E-state index >= 15 is 0 Å². The first-order valence-corrected chi connectivity index (χ1v) is 3.26. The summed E-state index contributed by atoms with van der Waals surface area (Å²) in [7, 11) is 1.39. The van der Waals surface area contributed by atoms with Gasteiger partial charge in [0, 0.05) is 0 Å². The van der Waals surface area contributed by atoms with Gasteiger partial charge in [0.2, 0.25) is 0 Å². The molecule has 0 rings (SSSR count). The highest BCUT2D eigenvalue weighted by Crippen LogP contribution is 1.90. The molecular formula is C4H8O2S. The molecule has 7 heavy (non-hydrogen) atoms. The van der Waals surface area contributed by atoms with Crippen LogP contribution in [-0.2, 0) is 9.53 Å². The van der Waals surface area contributed by atoms with Gasteiger partial charge in [-0.1, -0.05) is 0 Å². The Kier molecular flexibility index (Phi) is 3.89. The zero-order valence-corrected chi connectivity index (χ0v) is 5.25. The van der Waals surface area contributed by atoms with Crippen molar-refractivity contribution in [2.75, 3.05) is 19.1 Å². The first-order valence-electron chi connectivity index (χ1n) is 1.87. The molecule has 0 aliphatic heterocycles. The second kappa shape index (κ2) is 3.99. The monoisotopic (exact) mass is 123 g/mol. The lowest BCUT2D eigenvalue weighted by atomic mass is 11.6. The third kappa shape index (κ3) is 3.66. The minimum absolute atomic E-state index is 0.160. The highest BCUT2D eigenvalue weighted by molar-refractivity contribution is 7.99. The van der Waals surface area contributed by atoms with Crippen molar-refractivity contribution in [2.24, 2.45) is 0 Å².